The van der Waals surface area contributed by atoms with Gasteiger partial charge in [-0.3, -0.25) is 9.78 Å². The SMILES string of the molecule is CC1=CNC(C)C(NC(=O)c2cnn3cc(-c4cccnc4)sc23)=C1. The van der Waals surface area contributed by atoms with Crippen LogP contribution in [0.25, 0.3) is 15.3 Å². The van der Waals surface area contributed by atoms with E-state index in [9.17, 15) is 4.79 Å². The third-order valence-electron chi connectivity index (χ3n) is 4.06. The second-order valence-corrected chi connectivity index (χ2v) is 7.01. The molecule has 0 aliphatic carbocycles. The van der Waals surface area contributed by atoms with E-state index in [-0.39, 0.29) is 11.9 Å². The minimum absolute atomic E-state index is 0.0630. The zero-order chi connectivity index (χ0) is 17.4. The van der Waals surface area contributed by atoms with Gasteiger partial charge in [-0.25, -0.2) is 4.52 Å². The lowest BCUT2D eigenvalue weighted by atomic mass is 10.1. The van der Waals surface area contributed by atoms with Gasteiger partial charge in [-0.15, -0.1) is 11.3 Å². The van der Waals surface area contributed by atoms with Gasteiger partial charge in [0.1, 0.15) is 4.83 Å². The van der Waals surface area contributed by atoms with Crippen LogP contribution in [0.4, 0.5) is 0 Å². The number of pyridine rings is 1. The fourth-order valence-corrected chi connectivity index (χ4v) is 3.73. The van der Waals surface area contributed by atoms with Gasteiger partial charge in [0.05, 0.1) is 22.7 Å². The Morgan fingerprint density at radius 1 is 1.40 bits per heavy atom. The Bertz CT molecular complexity index is 999. The summed E-state index contributed by atoms with van der Waals surface area (Å²) in [5, 5.41) is 10.5. The first-order valence-electron chi connectivity index (χ1n) is 7.95. The molecule has 25 heavy (non-hydrogen) atoms. The number of nitrogens with one attached hydrogen (secondary N) is 2. The zero-order valence-electron chi connectivity index (χ0n) is 13.9. The normalized spacial score (nSPS) is 17.0. The molecule has 2 N–H and O–H groups in total. The molecule has 0 fully saturated rings. The van der Waals surface area contributed by atoms with Crippen LogP contribution in [0.2, 0.25) is 0 Å². The van der Waals surface area contributed by atoms with Crippen molar-refractivity contribution < 1.29 is 4.79 Å². The Morgan fingerprint density at radius 2 is 2.28 bits per heavy atom. The number of fused-ring (bicyclic) bond motifs is 1. The number of rotatable bonds is 3. The first-order chi connectivity index (χ1) is 12.1. The van der Waals surface area contributed by atoms with Crippen LogP contribution in [0.15, 0.2) is 60.5 Å². The lowest BCUT2D eigenvalue weighted by molar-refractivity contribution is 0.0965. The van der Waals surface area contributed by atoms with Crippen LogP contribution in [0, 0.1) is 0 Å². The van der Waals surface area contributed by atoms with Crippen molar-refractivity contribution >= 4 is 22.1 Å². The number of hydrogen-bond donors (Lipinski definition) is 2. The maximum atomic E-state index is 12.7. The fourth-order valence-electron chi connectivity index (χ4n) is 2.68. The molecule has 0 spiro atoms. The number of hydrogen-bond acceptors (Lipinski definition) is 5. The van der Waals surface area contributed by atoms with E-state index in [0.29, 0.717) is 5.56 Å². The number of carbonyl (C=O) groups excluding carboxylic acids is 1. The van der Waals surface area contributed by atoms with E-state index < -0.39 is 0 Å². The van der Waals surface area contributed by atoms with Crippen LogP contribution in [0.3, 0.4) is 0 Å². The van der Waals surface area contributed by atoms with Crippen molar-refractivity contribution in [2.24, 2.45) is 0 Å². The van der Waals surface area contributed by atoms with E-state index in [1.807, 2.05) is 44.5 Å². The minimum Gasteiger partial charge on any atom is -0.383 e. The molecule has 3 aromatic rings. The Balaban J connectivity index is 1.64. The van der Waals surface area contributed by atoms with Gasteiger partial charge in [0.2, 0.25) is 0 Å². The van der Waals surface area contributed by atoms with Crippen molar-refractivity contribution in [1.29, 1.82) is 0 Å². The second kappa shape index (κ2) is 6.18. The van der Waals surface area contributed by atoms with Gasteiger partial charge in [0, 0.05) is 29.9 Å². The molecule has 0 bridgehead atoms. The van der Waals surface area contributed by atoms with Crippen molar-refractivity contribution in [3.05, 3.63) is 66.0 Å². The third-order valence-corrected chi connectivity index (χ3v) is 5.22. The highest BCUT2D eigenvalue weighted by Gasteiger charge is 2.20. The van der Waals surface area contributed by atoms with Crippen molar-refractivity contribution in [3.63, 3.8) is 0 Å². The lowest BCUT2D eigenvalue weighted by Crippen LogP contribution is -2.36. The van der Waals surface area contributed by atoms with E-state index in [0.717, 1.165) is 26.5 Å². The quantitative estimate of drug-likeness (QED) is 0.761. The Morgan fingerprint density at radius 3 is 3.08 bits per heavy atom. The third kappa shape index (κ3) is 2.94. The van der Waals surface area contributed by atoms with E-state index >= 15 is 0 Å². The molecule has 0 radical (unpaired) electrons. The number of aromatic nitrogens is 3. The summed E-state index contributed by atoms with van der Waals surface area (Å²) in [6.07, 6.45) is 11.0. The monoisotopic (exact) mass is 351 g/mol. The summed E-state index contributed by atoms with van der Waals surface area (Å²) < 4.78 is 1.74. The van der Waals surface area contributed by atoms with E-state index in [1.54, 1.807) is 23.1 Å². The highest BCUT2D eigenvalue weighted by atomic mass is 32.1. The van der Waals surface area contributed by atoms with Crippen LogP contribution in [-0.4, -0.2) is 26.5 Å². The van der Waals surface area contributed by atoms with E-state index in [1.165, 1.54) is 11.3 Å². The first-order valence-corrected chi connectivity index (χ1v) is 8.77. The molecule has 1 aliphatic rings. The molecule has 0 saturated heterocycles. The molecule has 3 aromatic heterocycles. The predicted molar refractivity (Wildman–Crippen MR) is 98.2 cm³/mol. The number of carbonyl (C=O) groups is 1. The fraction of sp³-hybridized carbons (Fsp3) is 0.167. The summed E-state index contributed by atoms with van der Waals surface area (Å²) >= 11 is 1.53. The van der Waals surface area contributed by atoms with E-state index in [2.05, 4.69) is 20.7 Å². The maximum absolute atomic E-state index is 12.7. The Hall–Kier alpha value is -2.93. The van der Waals surface area contributed by atoms with Gasteiger partial charge in [-0.1, -0.05) is 6.07 Å². The predicted octanol–water partition coefficient (Wildman–Crippen LogP) is 2.97. The lowest BCUT2D eigenvalue weighted by Gasteiger charge is -2.21. The summed E-state index contributed by atoms with van der Waals surface area (Å²) in [7, 11) is 0. The zero-order valence-corrected chi connectivity index (χ0v) is 14.7. The molecule has 126 valence electrons. The summed E-state index contributed by atoms with van der Waals surface area (Å²) in [5.74, 6) is -0.149. The van der Waals surface area contributed by atoms with Crippen LogP contribution in [-0.2, 0) is 0 Å². The summed E-state index contributed by atoms with van der Waals surface area (Å²) in [6.45, 7) is 4.00. The van der Waals surface area contributed by atoms with E-state index in [4.69, 9.17) is 0 Å². The second-order valence-electron chi connectivity index (χ2n) is 5.98. The Labute approximate surface area is 148 Å². The van der Waals surface area contributed by atoms with Gasteiger partial charge in [0.15, 0.2) is 0 Å². The van der Waals surface area contributed by atoms with Crippen molar-refractivity contribution in [2.75, 3.05) is 0 Å². The van der Waals surface area contributed by atoms with Gasteiger partial charge in [-0.05, 0) is 37.8 Å². The number of thiazole rings is 1. The summed E-state index contributed by atoms with van der Waals surface area (Å²) in [4.78, 5) is 18.7. The van der Waals surface area contributed by atoms with Crippen LogP contribution >= 0.6 is 11.3 Å². The van der Waals surface area contributed by atoms with Gasteiger partial charge >= 0.3 is 0 Å². The Kier molecular flexibility index (Phi) is 3.85. The average Bonchev–Trinajstić information content (AvgIpc) is 3.19. The number of allylic oxidation sites excluding steroid dienone is 2. The molecule has 1 unspecified atom stereocenters. The standard InChI is InChI=1S/C18H17N5OS/c1-11-6-15(12(2)20-7-11)22-17(24)14-9-21-23-10-16(25-18(14)23)13-4-3-5-19-8-13/h3-10,12,20H,1-2H3,(H,22,24). The number of nitrogens with zero attached hydrogens (tertiary/aromatic N) is 3. The molecule has 0 saturated carbocycles. The molecule has 1 atom stereocenters. The molecule has 6 nitrogen and oxygen atoms in total. The smallest absolute Gasteiger partial charge is 0.260 e. The van der Waals surface area contributed by atoms with Crippen molar-refractivity contribution in [3.8, 4) is 10.4 Å². The molecule has 0 aromatic carbocycles. The van der Waals surface area contributed by atoms with Gasteiger partial charge in [-0.2, -0.15) is 5.10 Å². The van der Waals surface area contributed by atoms with Crippen molar-refractivity contribution in [1.82, 2.24) is 25.2 Å². The molecule has 1 amide bonds. The van der Waals surface area contributed by atoms with Crippen molar-refractivity contribution in [2.45, 2.75) is 19.9 Å². The van der Waals surface area contributed by atoms with Crippen LogP contribution in [0.5, 0.6) is 0 Å². The highest BCUT2D eigenvalue weighted by Crippen LogP contribution is 2.30. The van der Waals surface area contributed by atoms with Crippen LogP contribution in [0.1, 0.15) is 24.2 Å². The van der Waals surface area contributed by atoms with Gasteiger partial charge in [0.25, 0.3) is 5.91 Å². The maximum Gasteiger partial charge on any atom is 0.260 e. The molecule has 1 aliphatic heterocycles. The molecule has 4 heterocycles. The topological polar surface area (TPSA) is 71.3 Å². The molecular weight excluding hydrogens is 334 g/mol. The molecule has 4 rings (SSSR count). The first kappa shape index (κ1) is 15.6. The number of dihydropyridines is 1. The number of amides is 1. The van der Waals surface area contributed by atoms with Crippen LogP contribution < -0.4 is 10.6 Å². The largest absolute Gasteiger partial charge is 0.383 e. The summed E-state index contributed by atoms with van der Waals surface area (Å²) in [5.41, 5.74) is 3.51. The summed E-state index contributed by atoms with van der Waals surface area (Å²) in [6, 6.07) is 3.95. The highest BCUT2D eigenvalue weighted by molar-refractivity contribution is 7.21. The minimum atomic E-state index is -0.149. The molecular formula is C18H17N5OS. The average molecular weight is 351 g/mol. The van der Waals surface area contributed by atoms with Gasteiger partial charge < -0.3 is 10.6 Å². The molecule has 7 heteroatoms.